The van der Waals surface area contributed by atoms with Crippen LogP contribution >= 0.6 is 11.8 Å². The van der Waals surface area contributed by atoms with E-state index in [0.717, 1.165) is 0 Å². The van der Waals surface area contributed by atoms with Gasteiger partial charge in [-0.25, -0.2) is 4.90 Å². The van der Waals surface area contributed by atoms with Gasteiger partial charge in [0.25, 0.3) is 11.8 Å². The van der Waals surface area contributed by atoms with Crippen LogP contribution in [0, 0.1) is 0 Å². The van der Waals surface area contributed by atoms with Crippen molar-refractivity contribution in [1.29, 1.82) is 0 Å². The lowest BCUT2D eigenvalue weighted by Crippen LogP contribution is -2.31. The Balaban J connectivity index is 1.71. The van der Waals surface area contributed by atoms with Crippen LogP contribution in [0.1, 0.15) is 18.2 Å². The summed E-state index contributed by atoms with van der Waals surface area (Å²) in [6.45, 7) is 1.43. The summed E-state index contributed by atoms with van der Waals surface area (Å²) in [4.78, 5) is 39.3. The van der Waals surface area contributed by atoms with E-state index in [1.54, 1.807) is 60.9 Å². The predicted octanol–water partition coefficient (Wildman–Crippen LogP) is 4.46. The van der Waals surface area contributed by atoms with E-state index in [-0.39, 0.29) is 17.7 Å². The van der Waals surface area contributed by atoms with Gasteiger partial charge >= 0.3 is 0 Å². The lowest BCUT2D eigenvalue weighted by Gasteiger charge is -2.15. The molecule has 0 fully saturated rings. The number of thioether (sulfide) groups is 1. The van der Waals surface area contributed by atoms with Gasteiger partial charge in [-0.3, -0.25) is 14.4 Å². The summed E-state index contributed by atoms with van der Waals surface area (Å²) in [5, 5.41) is 2.70. The lowest BCUT2D eigenvalue weighted by atomic mass is 10.1. The fourth-order valence-electron chi connectivity index (χ4n) is 3.17. The van der Waals surface area contributed by atoms with Gasteiger partial charge < -0.3 is 9.73 Å². The Morgan fingerprint density at radius 2 is 1.70 bits per heavy atom. The predicted molar refractivity (Wildman–Crippen MR) is 117 cm³/mol. The van der Waals surface area contributed by atoms with Gasteiger partial charge in [0.05, 0.1) is 28.2 Å². The van der Waals surface area contributed by atoms with Crippen LogP contribution in [0.15, 0.2) is 82.3 Å². The topological polar surface area (TPSA) is 79.6 Å². The van der Waals surface area contributed by atoms with Crippen molar-refractivity contribution in [1.82, 2.24) is 0 Å². The van der Waals surface area contributed by atoms with E-state index in [4.69, 9.17) is 4.42 Å². The zero-order chi connectivity index (χ0) is 21.1. The van der Waals surface area contributed by atoms with Crippen molar-refractivity contribution < 1.29 is 18.8 Å². The number of anilines is 2. The quantitative estimate of drug-likeness (QED) is 0.598. The molecule has 0 aliphatic carbocycles. The molecule has 0 radical (unpaired) electrons. The minimum absolute atomic E-state index is 0.181. The molecule has 4 rings (SSSR count). The van der Waals surface area contributed by atoms with E-state index in [1.165, 1.54) is 23.6 Å². The van der Waals surface area contributed by atoms with Crippen molar-refractivity contribution in [3.63, 3.8) is 0 Å². The molecular formula is C23H18N2O4S. The van der Waals surface area contributed by atoms with Crippen molar-refractivity contribution in [2.24, 2.45) is 0 Å². The van der Waals surface area contributed by atoms with Crippen molar-refractivity contribution in [2.45, 2.75) is 12.7 Å². The number of benzene rings is 2. The molecule has 30 heavy (non-hydrogen) atoms. The summed E-state index contributed by atoms with van der Waals surface area (Å²) < 4.78 is 5.37. The van der Waals surface area contributed by atoms with E-state index in [9.17, 15) is 14.4 Å². The first-order valence-corrected chi connectivity index (χ1v) is 10.2. The second-order valence-electron chi connectivity index (χ2n) is 6.61. The third kappa shape index (κ3) is 3.92. The molecule has 2 aromatic carbocycles. The van der Waals surface area contributed by atoms with E-state index in [0.29, 0.717) is 38.9 Å². The van der Waals surface area contributed by atoms with Crippen LogP contribution in [0.2, 0.25) is 0 Å². The number of para-hydroxylation sites is 1. The molecule has 150 valence electrons. The SMILES string of the molecule is CC(=O)Nc1ccc(C2=C(SCc3ccco3)C(=O)N(c3ccccc3)C2=O)cc1. The number of carbonyl (C=O) groups excluding carboxylic acids is 3. The third-order valence-electron chi connectivity index (χ3n) is 4.49. The maximum atomic E-state index is 13.3. The highest BCUT2D eigenvalue weighted by Crippen LogP contribution is 2.39. The van der Waals surface area contributed by atoms with Crippen molar-refractivity contribution in [3.8, 4) is 0 Å². The van der Waals surface area contributed by atoms with Gasteiger partial charge in [-0.2, -0.15) is 0 Å². The maximum absolute atomic E-state index is 13.3. The Hall–Kier alpha value is -3.58. The van der Waals surface area contributed by atoms with Crippen LogP contribution in [0.25, 0.3) is 5.57 Å². The molecule has 3 amide bonds. The number of hydrogen-bond acceptors (Lipinski definition) is 5. The molecule has 1 aromatic heterocycles. The largest absolute Gasteiger partial charge is 0.468 e. The monoisotopic (exact) mass is 418 g/mol. The summed E-state index contributed by atoms with van der Waals surface area (Å²) in [6.07, 6.45) is 1.57. The zero-order valence-electron chi connectivity index (χ0n) is 16.1. The van der Waals surface area contributed by atoms with E-state index < -0.39 is 0 Å². The Labute approximate surface area is 177 Å². The highest BCUT2D eigenvalue weighted by atomic mass is 32.2. The van der Waals surface area contributed by atoms with Crippen LogP contribution < -0.4 is 10.2 Å². The zero-order valence-corrected chi connectivity index (χ0v) is 16.9. The molecule has 1 aliphatic rings. The second-order valence-corrected chi connectivity index (χ2v) is 7.60. The van der Waals surface area contributed by atoms with Crippen LogP contribution in [0.5, 0.6) is 0 Å². The Kier molecular flexibility index (Phi) is 5.54. The summed E-state index contributed by atoms with van der Waals surface area (Å²) in [6, 6.07) is 19.3. The fraction of sp³-hybridized carbons (Fsp3) is 0.0870. The molecule has 1 aliphatic heterocycles. The number of rotatable bonds is 6. The maximum Gasteiger partial charge on any atom is 0.272 e. The van der Waals surface area contributed by atoms with Gasteiger partial charge in [0.2, 0.25) is 5.91 Å². The molecule has 1 N–H and O–H groups in total. The average Bonchev–Trinajstić information content (AvgIpc) is 3.33. The molecule has 6 nitrogen and oxygen atoms in total. The number of nitrogens with one attached hydrogen (secondary N) is 1. The van der Waals surface area contributed by atoms with E-state index in [2.05, 4.69) is 5.32 Å². The average molecular weight is 418 g/mol. The first kappa shape index (κ1) is 19.7. The standard InChI is InChI=1S/C23H18N2O4S/c1-15(26)24-17-11-9-16(10-12-17)20-21(30-14-19-8-5-13-29-19)23(28)25(22(20)27)18-6-3-2-4-7-18/h2-13H,14H2,1H3,(H,24,26). The van der Waals surface area contributed by atoms with E-state index in [1.807, 2.05) is 12.1 Å². The van der Waals surface area contributed by atoms with Crippen LogP contribution in [-0.2, 0) is 20.1 Å². The third-order valence-corrected chi connectivity index (χ3v) is 5.58. The van der Waals surface area contributed by atoms with Crippen LogP contribution in [0.3, 0.4) is 0 Å². The Morgan fingerprint density at radius 3 is 2.33 bits per heavy atom. The molecule has 2 heterocycles. The molecule has 0 unspecified atom stereocenters. The highest BCUT2D eigenvalue weighted by molar-refractivity contribution is 8.03. The molecule has 7 heteroatoms. The summed E-state index contributed by atoms with van der Waals surface area (Å²) in [7, 11) is 0. The van der Waals surface area contributed by atoms with Crippen molar-refractivity contribution >= 4 is 46.4 Å². The van der Waals surface area contributed by atoms with Crippen LogP contribution in [-0.4, -0.2) is 17.7 Å². The highest BCUT2D eigenvalue weighted by Gasteiger charge is 2.40. The number of furan rings is 1. The van der Waals surface area contributed by atoms with Gasteiger partial charge in [-0.05, 0) is 42.0 Å². The lowest BCUT2D eigenvalue weighted by molar-refractivity contribution is -0.120. The van der Waals surface area contributed by atoms with E-state index >= 15 is 0 Å². The summed E-state index contributed by atoms with van der Waals surface area (Å²) >= 11 is 1.27. The number of amides is 3. The minimum atomic E-state index is -0.375. The van der Waals surface area contributed by atoms with Gasteiger partial charge in [-0.15, -0.1) is 11.8 Å². The van der Waals surface area contributed by atoms with Gasteiger partial charge in [0.15, 0.2) is 0 Å². The number of carbonyl (C=O) groups is 3. The summed E-state index contributed by atoms with van der Waals surface area (Å²) in [5.74, 6) is 0.228. The molecule has 3 aromatic rings. The smallest absolute Gasteiger partial charge is 0.272 e. The van der Waals surface area contributed by atoms with Gasteiger partial charge in [-0.1, -0.05) is 30.3 Å². The van der Waals surface area contributed by atoms with Crippen molar-refractivity contribution in [3.05, 3.63) is 89.2 Å². The van der Waals surface area contributed by atoms with Crippen molar-refractivity contribution in [2.75, 3.05) is 10.2 Å². The molecule has 0 bridgehead atoms. The summed E-state index contributed by atoms with van der Waals surface area (Å²) in [5.41, 5.74) is 2.10. The minimum Gasteiger partial charge on any atom is -0.468 e. The number of hydrogen-bond donors (Lipinski definition) is 1. The first-order valence-electron chi connectivity index (χ1n) is 9.26. The van der Waals surface area contributed by atoms with Gasteiger partial charge in [0, 0.05) is 12.6 Å². The molecule has 0 spiro atoms. The first-order chi connectivity index (χ1) is 14.5. The molecule has 0 atom stereocenters. The molecular weight excluding hydrogens is 400 g/mol. The normalized spacial score (nSPS) is 13.8. The second kappa shape index (κ2) is 8.42. The van der Waals surface area contributed by atoms with Gasteiger partial charge in [0.1, 0.15) is 5.76 Å². The number of imide groups is 1. The van der Waals surface area contributed by atoms with Crippen LogP contribution in [0.4, 0.5) is 11.4 Å². The molecule has 0 saturated heterocycles. The molecule has 0 saturated carbocycles. The fourth-order valence-corrected chi connectivity index (χ4v) is 4.19. The Bertz CT molecular complexity index is 1120. The number of nitrogens with zero attached hydrogens (tertiary/aromatic N) is 1. The Morgan fingerprint density at radius 1 is 0.967 bits per heavy atom.